The van der Waals surface area contributed by atoms with Crippen LogP contribution in [-0.2, 0) is 31.4 Å². The van der Waals surface area contributed by atoms with Gasteiger partial charge in [-0.25, -0.2) is 22.0 Å². The van der Waals surface area contributed by atoms with Crippen LogP contribution in [0.3, 0.4) is 0 Å². The highest BCUT2D eigenvalue weighted by molar-refractivity contribution is 7.89. The molecule has 0 radical (unpaired) electrons. The highest BCUT2D eigenvalue weighted by Gasteiger charge is 2.23. The first-order chi connectivity index (χ1) is 14.0. The van der Waals surface area contributed by atoms with Crippen LogP contribution in [0.25, 0.3) is 0 Å². The number of amides is 1. The van der Waals surface area contributed by atoms with Crippen molar-refractivity contribution >= 4 is 26.0 Å². The molecular formula is C18H23N3O7S2. The summed E-state index contributed by atoms with van der Waals surface area (Å²) in [6.07, 6.45) is 0. The lowest BCUT2D eigenvalue weighted by atomic mass is 10.2. The van der Waals surface area contributed by atoms with E-state index in [0.29, 0.717) is 11.3 Å². The van der Waals surface area contributed by atoms with E-state index in [1.807, 2.05) is 0 Å². The van der Waals surface area contributed by atoms with Gasteiger partial charge in [0, 0.05) is 12.6 Å². The lowest BCUT2D eigenvalue weighted by Crippen LogP contribution is -2.44. The van der Waals surface area contributed by atoms with Crippen molar-refractivity contribution in [2.75, 3.05) is 14.2 Å². The number of ether oxygens (including phenoxy) is 2. The molecule has 2 rings (SSSR count). The Morgan fingerprint density at radius 1 is 0.967 bits per heavy atom. The summed E-state index contributed by atoms with van der Waals surface area (Å²) >= 11 is 0. The lowest BCUT2D eigenvalue weighted by Gasteiger charge is -2.15. The SMILES string of the molecule is COc1ccc(S(=O)(=O)N[C@@H](C)C(=O)NCc2ccc(S(N)(=O)=O)cc2)cc1OC. The van der Waals surface area contributed by atoms with Crippen LogP contribution in [-0.4, -0.2) is 43.0 Å². The first-order valence-corrected chi connectivity index (χ1v) is 11.6. The largest absolute Gasteiger partial charge is 0.493 e. The Balaban J connectivity index is 2.02. The van der Waals surface area contributed by atoms with E-state index in [2.05, 4.69) is 10.0 Å². The van der Waals surface area contributed by atoms with E-state index < -0.39 is 32.0 Å². The average molecular weight is 458 g/mol. The third-order valence-electron chi connectivity index (χ3n) is 4.11. The molecule has 4 N–H and O–H groups in total. The molecule has 0 spiro atoms. The van der Waals surface area contributed by atoms with Gasteiger partial charge in [-0.2, -0.15) is 4.72 Å². The Labute approximate surface area is 175 Å². The minimum Gasteiger partial charge on any atom is -0.493 e. The van der Waals surface area contributed by atoms with E-state index in [-0.39, 0.29) is 22.1 Å². The molecule has 1 amide bonds. The number of hydrogen-bond acceptors (Lipinski definition) is 7. The first kappa shape index (κ1) is 23.6. The van der Waals surface area contributed by atoms with Crippen LogP contribution in [0, 0.1) is 0 Å². The van der Waals surface area contributed by atoms with Crippen molar-refractivity contribution in [3.63, 3.8) is 0 Å². The zero-order chi connectivity index (χ0) is 22.5. The van der Waals surface area contributed by atoms with Crippen LogP contribution in [0.1, 0.15) is 12.5 Å². The van der Waals surface area contributed by atoms with Crippen molar-refractivity contribution in [1.82, 2.24) is 10.0 Å². The maximum Gasteiger partial charge on any atom is 0.241 e. The van der Waals surface area contributed by atoms with E-state index in [9.17, 15) is 21.6 Å². The Kier molecular flexibility index (Phi) is 7.42. The van der Waals surface area contributed by atoms with Gasteiger partial charge in [0.15, 0.2) is 11.5 Å². The van der Waals surface area contributed by atoms with Gasteiger partial charge in [-0.3, -0.25) is 4.79 Å². The van der Waals surface area contributed by atoms with Crippen LogP contribution in [0.2, 0.25) is 0 Å². The van der Waals surface area contributed by atoms with Crippen molar-refractivity contribution in [2.24, 2.45) is 5.14 Å². The number of nitrogens with one attached hydrogen (secondary N) is 2. The molecule has 0 fully saturated rings. The maximum atomic E-state index is 12.6. The zero-order valence-corrected chi connectivity index (χ0v) is 18.2. The smallest absolute Gasteiger partial charge is 0.241 e. The lowest BCUT2D eigenvalue weighted by molar-refractivity contribution is -0.122. The minimum atomic E-state index is -3.99. The van der Waals surface area contributed by atoms with Gasteiger partial charge in [0.1, 0.15) is 0 Å². The number of sulfonamides is 2. The van der Waals surface area contributed by atoms with Crippen molar-refractivity contribution in [1.29, 1.82) is 0 Å². The van der Waals surface area contributed by atoms with Crippen LogP contribution < -0.4 is 24.7 Å². The molecule has 1 atom stereocenters. The van der Waals surface area contributed by atoms with E-state index in [1.54, 1.807) is 0 Å². The second-order valence-electron chi connectivity index (χ2n) is 6.27. The minimum absolute atomic E-state index is 0.0476. The summed E-state index contributed by atoms with van der Waals surface area (Å²) < 4.78 is 60.1. The van der Waals surface area contributed by atoms with Gasteiger partial charge in [-0.15, -0.1) is 0 Å². The Hall–Kier alpha value is -2.67. The fraction of sp³-hybridized carbons (Fsp3) is 0.278. The van der Waals surface area contributed by atoms with Gasteiger partial charge in [0.25, 0.3) is 0 Å². The molecule has 0 heterocycles. The molecule has 0 aliphatic rings. The van der Waals surface area contributed by atoms with E-state index in [1.165, 1.54) is 63.6 Å². The predicted octanol–water partition coefficient (Wildman–Crippen LogP) is 0.334. The van der Waals surface area contributed by atoms with Gasteiger partial charge in [-0.05, 0) is 36.8 Å². The molecule has 0 aliphatic carbocycles. The van der Waals surface area contributed by atoms with Gasteiger partial charge >= 0.3 is 0 Å². The second kappa shape index (κ2) is 9.43. The number of methoxy groups -OCH3 is 2. The highest BCUT2D eigenvalue weighted by Crippen LogP contribution is 2.29. The number of carbonyl (C=O) groups is 1. The number of benzene rings is 2. The quantitative estimate of drug-likeness (QED) is 0.490. The zero-order valence-electron chi connectivity index (χ0n) is 16.6. The summed E-state index contributed by atoms with van der Waals surface area (Å²) in [6.45, 7) is 1.48. The molecule has 0 aliphatic heterocycles. The van der Waals surface area contributed by atoms with E-state index >= 15 is 0 Å². The molecule has 30 heavy (non-hydrogen) atoms. The normalized spacial score (nSPS) is 12.8. The fourth-order valence-corrected chi connectivity index (χ4v) is 4.21. The summed E-state index contributed by atoms with van der Waals surface area (Å²) in [4.78, 5) is 12.1. The molecule has 0 saturated heterocycles. The molecule has 2 aromatic carbocycles. The molecule has 0 bridgehead atoms. The molecule has 12 heteroatoms. The number of nitrogens with two attached hydrogens (primary N) is 1. The van der Waals surface area contributed by atoms with Crippen molar-refractivity contribution in [3.05, 3.63) is 48.0 Å². The molecule has 0 saturated carbocycles. The predicted molar refractivity (Wildman–Crippen MR) is 109 cm³/mol. The molecule has 2 aromatic rings. The Bertz CT molecular complexity index is 1110. The average Bonchev–Trinajstić information content (AvgIpc) is 2.70. The molecule has 0 aromatic heterocycles. The second-order valence-corrected chi connectivity index (χ2v) is 9.54. The maximum absolute atomic E-state index is 12.6. The highest BCUT2D eigenvalue weighted by atomic mass is 32.2. The summed E-state index contributed by atoms with van der Waals surface area (Å²) in [5.41, 5.74) is 0.616. The van der Waals surface area contributed by atoms with Crippen molar-refractivity contribution in [2.45, 2.75) is 29.3 Å². The number of primary sulfonamides is 1. The summed E-state index contributed by atoms with van der Waals surface area (Å²) in [5.74, 6) is 0.0469. The van der Waals surface area contributed by atoms with Gasteiger partial charge < -0.3 is 14.8 Å². The van der Waals surface area contributed by atoms with Crippen LogP contribution in [0.5, 0.6) is 11.5 Å². The Morgan fingerprint density at radius 3 is 2.07 bits per heavy atom. The topological polar surface area (TPSA) is 154 Å². The van der Waals surface area contributed by atoms with Gasteiger partial charge in [0.2, 0.25) is 26.0 Å². The molecular weight excluding hydrogens is 434 g/mol. The number of rotatable bonds is 9. The third-order valence-corrected chi connectivity index (χ3v) is 6.58. The number of carbonyl (C=O) groups excluding carboxylic acids is 1. The van der Waals surface area contributed by atoms with Gasteiger partial charge in [-0.1, -0.05) is 12.1 Å². The fourth-order valence-electron chi connectivity index (χ4n) is 2.48. The van der Waals surface area contributed by atoms with Crippen molar-refractivity contribution in [3.8, 4) is 11.5 Å². The summed E-state index contributed by atoms with van der Waals surface area (Å²) in [6, 6.07) is 8.65. The molecule has 0 unspecified atom stereocenters. The molecule has 10 nitrogen and oxygen atoms in total. The van der Waals surface area contributed by atoms with E-state index in [4.69, 9.17) is 14.6 Å². The third kappa shape index (κ3) is 5.92. The monoisotopic (exact) mass is 457 g/mol. The van der Waals surface area contributed by atoms with Crippen LogP contribution in [0.15, 0.2) is 52.3 Å². The Morgan fingerprint density at radius 2 is 1.53 bits per heavy atom. The van der Waals surface area contributed by atoms with Crippen LogP contribution in [0.4, 0.5) is 0 Å². The van der Waals surface area contributed by atoms with Gasteiger partial charge in [0.05, 0.1) is 30.1 Å². The standard InChI is InChI=1S/C18H23N3O7S2/c1-12(18(22)20-11-13-4-6-14(7-5-13)29(19,23)24)21-30(25,26)15-8-9-16(27-2)17(10-15)28-3/h4-10,12,21H,11H2,1-3H3,(H,20,22)(H2,19,23,24)/t12-/m0/s1. The van der Waals surface area contributed by atoms with Crippen LogP contribution >= 0.6 is 0 Å². The van der Waals surface area contributed by atoms with E-state index in [0.717, 1.165) is 0 Å². The number of hydrogen-bond donors (Lipinski definition) is 3. The summed E-state index contributed by atoms with van der Waals surface area (Å²) in [5, 5.41) is 7.61. The first-order valence-electron chi connectivity index (χ1n) is 8.61. The van der Waals surface area contributed by atoms with Crippen molar-refractivity contribution < 1.29 is 31.1 Å². The molecule has 164 valence electrons. The summed E-state index contributed by atoms with van der Waals surface area (Å²) in [7, 11) is -4.98.